The Hall–Kier alpha value is -0.750. The van der Waals surface area contributed by atoms with Crippen molar-refractivity contribution in [2.75, 3.05) is 7.11 Å². The van der Waals surface area contributed by atoms with Gasteiger partial charge in [-0.2, -0.15) is 0 Å². The summed E-state index contributed by atoms with van der Waals surface area (Å²) in [5.74, 6) is -0.752. The number of carboxylic acid groups (broad SMARTS) is 1. The lowest BCUT2D eigenvalue weighted by atomic mass is 10.2. The van der Waals surface area contributed by atoms with Crippen molar-refractivity contribution >= 4 is 56.4 Å². The fraction of sp³-hybridized carbons (Fsp3) is 0.0833. The Balaban J connectivity index is 2.66. The molecule has 2 aromatic rings. The molecular weight excluding hydrogens is 375 g/mol. The van der Waals surface area contributed by atoms with E-state index in [0.717, 1.165) is 11.3 Å². The molecule has 0 unspecified atom stereocenters. The van der Waals surface area contributed by atoms with Gasteiger partial charge in [-0.1, -0.05) is 29.3 Å². The first-order valence-electron chi connectivity index (χ1n) is 5.00. The van der Waals surface area contributed by atoms with E-state index < -0.39 is 5.97 Å². The number of hydrogen-bond donors (Lipinski definition) is 1. The fourth-order valence-corrected chi connectivity index (χ4v) is 4.11. The fourth-order valence-electron chi connectivity index (χ4n) is 1.57. The normalized spacial score (nSPS) is 10.5. The van der Waals surface area contributed by atoms with E-state index in [0.29, 0.717) is 30.7 Å². The molecule has 1 heterocycles. The van der Waals surface area contributed by atoms with Gasteiger partial charge in [-0.3, -0.25) is 0 Å². The minimum Gasteiger partial charge on any atom is -0.494 e. The highest BCUT2D eigenvalue weighted by atomic mass is 79.9. The monoisotopic (exact) mass is 380 g/mol. The van der Waals surface area contributed by atoms with Crippen LogP contribution >= 0.6 is 50.5 Å². The van der Waals surface area contributed by atoms with Crippen molar-refractivity contribution in [3.63, 3.8) is 0 Å². The van der Waals surface area contributed by atoms with Gasteiger partial charge in [-0.25, -0.2) is 4.79 Å². The molecule has 0 bridgehead atoms. The number of ether oxygens (including phenoxy) is 1. The lowest BCUT2D eigenvalue weighted by molar-refractivity contribution is 0.0699. The largest absolute Gasteiger partial charge is 0.494 e. The minimum absolute atomic E-state index is 0.121. The van der Waals surface area contributed by atoms with E-state index in [-0.39, 0.29) is 4.88 Å². The Kier molecular flexibility index (Phi) is 4.40. The molecule has 1 aromatic heterocycles. The summed E-state index contributed by atoms with van der Waals surface area (Å²) in [6.45, 7) is 0. The maximum absolute atomic E-state index is 11.2. The molecule has 0 aliphatic rings. The summed E-state index contributed by atoms with van der Waals surface area (Å²) in [4.78, 5) is 12.0. The van der Waals surface area contributed by atoms with Crippen molar-refractivity contribution < 1.29 is 14.6 Å². The van der Waals surface area contributed by atoms with Crippen molar-refractivity contribution in [2.24, 2.45) is 0 Å². The maximum Gasteiger partial charge on any atom is 0.349 e. The SMILES string of the molecule is COc1c(C(=O)O)sc(-c2ccc(Cl)cc2Cl)c1Br. The van der Waals surface area contributed by atoms with Gasteiger partial charge in [0.25, 0.3) is 0 Å². The second-order valence-electron chi connectivity index (χ2n) is 3.54. The summed E-state index contributed by atoms with van der Waals surface area (Å²) in [6, 6.07) is 5.05. The van der Waals surface area contributed by atoms with Gasteiger partial charge in [-0.05, 0) is 28.1 Å². The van der Waals surface area contributed by atoms with E-state index in [4.69, 9.17) is 33.0 Å². The van der Waals surface area contributed by atoms with E-state index in [1.165, 1.54) is 7.11 Å². The first kappa shape index (κ1) is 14.7. The molecule has 19 heavy (non-hydrogen) atoms. The highest BCUT2D eigenvalue weighted by Gasteiger charge is 2.23. The molecule has 3 nitrogen and oxygen atoms in total. The van der Waals surface area contributed by atoms with Gasteiger partial charge in [-0.15, -0.1) is 11.3 Å². The third-order valence-corrected chi connectivity index (χ3v) is 5.14. The summed E-state index contributed by atoms with van der Waals surface area (Å²) in [7, 11) is 1.42. The molecule has 0 aliphatic heterocycles. The third-order valence-electron chi connectivity index (χ3n) is 2.38. The molecule has 1 N–H and O–H groups in total. The smallest absolute Gasteiger partial charge is 0.349 e. The zero-order valence-electron chi connectivity index (χ0n) is 9.54. The van der Waals surface area contributed by atoms with Crippen molar-refractivity contribution in [1.82, 2.24) is 0 Å². The van der Waals surface area contributed by atoms with Gasteiger partial charge < -0.3 is 9.84 Å². The van der Waals surface area contributed by atoms with E-state index in [2.05, 4.69) is 15.9 Å². The molecule has 0 saturated carbocycles. The average molecular weight is 382 g/mol. The Morgan fingerprint density at radius 3 is 2.58 bits per heavy atom. The second kappa shape index (κ2) is 5.71. The summed E-state index contributed by atoms with van der Waals surface area (Å²) in [6.07, 6.45) is 0. The van der Waals surface area contributed by atoms with E-state index in [1.807, 2.05) is 0 Å². The van der Waals surface area contributed by atoms with E-state index in [1.54, 1.807) is 18.2 Å². The predicted octanol–water partition coefficient (Wildman–Crippen LogP) is 5.19. The van der Waals surface area contributed by atoms with Crippen molar-refractivity contribution in [1.29, 1.82) is 0 Å². The van der Waals surface area contributed by atoms with Crippen LogP contribution in [0.5, 0.6) is 5.75 Å². The number of hydrogen-bond acceptors (Lipinski definition) is 3. The number of benzene rings is 1. The summed E-state index contributed by atoms with van der Waals surface area (Å²) in [5, 5.41) is 10.1. The van der Waals surface area contributed by atoms with Crippen LogP contribution in [0, 0.1) is 0 Å². The quantitative estimate of drug-likeness (QED) is 0.795. The minimum atomic E-state index is -1.04. The highest BCUT2D eigenvalue weighted by molar-refractivity contribution is 9.10. The van der Waals surface area contributed by atoms with Crippen LogP contribution in [0.15, 0.2) is 22.7 Å². The summed E-state index contributed by atoms with van der Waals surface area (Å²) in [5.41, 5.74) is 0.703. The number of carbonyl (C=O) groups is 1. The first-order valence-corrected chi connectivity index (χ1v) is 7.37. The van der Waals surface area contributed by atoms with Crippen LogP contribution in [0.2, 0.25) is 10.0 Å². The highest BCUT2D eigenvalue weighted by Crippen LogP contribution is 2.47. The van der Waals surface area contributed by atoms with Crippen LogP contribution in [-0.2, 0) is 0 Å². The van der Waals surface area contributed by atoms with E-state index in [9.17, 15) is 4.79 Å². The van der Waals surface area contributed by atoms with Crippen LogP contribution in [0.1, 0.15) is 9.67 Å². The molecule has 0 aliphatic carbocycles. The number of methoxy groups -OCH3 is 1. The molecule has 2 rings (SSSR count). The zero-order valence-corrected chi connectivity index (χ0v) is 13.5. The van der Waals surface area contributed by atoms with Gasteiger partial charge in [0.1, 0.15) is 0 Å². The Morgan fingerprint density at radius 1 is 1.42 bits per heavy atom. The van der Waals surface area contributed by atoms with Gasteiger partial charge in [0.2, 0.25) is 0 Å². The average Bonchev–Trinajstić information content (AvgIpc) is 2.66. The Labute approximate surface area is 131 Å². The van der Waals surface area contributed by atoms with Crippen LogP contribution in [0.4, 0.5) is 0 Å². The first-order chi connectivity index (χ1) is 8.95. The molecule has 0 amide bonds. The van der Waals surface area contributed by atoms with Gasteiger partial charge >= 0.3 is 5.97 Å². The maximum atomic E-state index is 11.2. The molecular formula is C12H7BrCl2O3S. The molecule has 0 spiro atoms. The van der Waals surface area contributed by atoms with Gasteiger partial charge in [0.05, 0.1) is 21.5 Å². The molecule has 0 saturated heterocycles. The summed E-state index contributed by atoms with van der Waals surface area (Å²) < 4.78 is 5.69. The van der Waals surface area contributed by atoms with E-state index >= 15 is 0 Å². The lowest BCUT2D eigenvalue weighted by Crippen LogP contribution is -1.95. The van der Waals surface area contributed by atoms with Gasteiger partial charge in [0.15, 0.2) is 10.6 Å². The van der Waals surface area contributed by atoms with Crippen molar-refractivity contribution in [3.05, 3.63) is 37.6 Å². The topological polar surface area (TPSA) is 46.5 Å². The third kappa shape index (κ3) is 2.74. The molecule has 0 fully saturated rings. The number of rotatable bonds is 3. The molecule has 0 atom stereocenters. The zero-order chi connectivity index (χ0) is 14.2. The Bertz CT molecular complexity index is 655. The molecule has 1 aromatic carbocycles. The number of thiophene rings is 1. The molecule has 7 heteroatoms. The van der Waals surface area contributed by atoms with Crippen LogP contribution < -0.4 is 4.74 Å². The van der Waals surface area contributed by atoms with Crippen LogP contribution in [0.25, 0.3) is 10.4 Å². The molecule has 0 radical (unpaired) electrons. The predicted molar refractivity (Wildman–Crippen MR) is 81.0 cm³/mol. The van der Waals surface area contributed by atoms with Crippen molar-refractivity contribution in [2.45, 2.75) is 0 Å². The number of carboxylic acids is 1. The molecule has 100 valence electrons. The number of aromatic carboxylic acids is 1. The summed E-state index contributed by atoms with van der Waals surface area (Å²) >= 11 is 16.4. The van der Waals surface area contributed by atoms with Gasteiger partial charge in [0, 0.05) is 10.6 Å². The standard InChI is InChI=1S/C12H7BrCl2O3S/c1-18-9-8(13)10(19-11(9)12(16)17)6-3-2-5(14)4-7(6)15/h2-4H,1H3,(H,16,17). The van der Waals surface area contributed by atoms with Crippen LogP contribution in [0.3, 0.4) is 0 Å². The second-order valence-corrected chi connectivity index (χ2v) is 6.19. The lowest BCUT2D eigenvalue weighted by Gasteiger charge is -2.03. The van der Waals surface area contributed by atoms with Crippen LogP contribution in [-0.4, -0.2) is 18.2 Å². The Morgan fingerprint density at radius 2 is 2.11 bits per heavy atom. The van der Waals surface area contributed by atoms with Crippen molar-refractivity contribution in [3.8, 4) is 16.2 Å². The number of halogens is 3.